The smallest absolute Gasteiger partial charge is 0.164 e. The van der Waals surface area contributed by atoms with Gasteiger partial charge in [-0.15, -0.1) is 16.4 Å². The van der Waals surface area contributed by atoms with E-state index in [0.29, 0.717) is 17.5 Å². The van der Waals surface area contributed by atoms with Gasteiger partial charge in [-0.25, -0.2) is 15.0 Å². The summed E-state index contributed by atoms with van der Waals surface area (Å²) in [5.41, 5.74) is 26.5. The first kappa shape index (κ1) is 42.8. The van der Waals surface area contributed by atoms with E-state index in [1.807, 2.05) is 0 Å². The van der Waals surface area contributed by atoms with Gasteiger partial charge < -0.3 is 9.47 Å². The topological polar surface area (TPSA) is 46.8 Å². The SMILES string of the molecule is Bc1c(B)c(B)c(-c2c(B)c(B)c(-c3nc(-c4ccc(N5c6ccccc6-c6cccc7cccc5c67)cc4)nc(-c4ccc5c6ccccc6n(-c6ccccc6)c5c4)n3)c(B)c2B)c(B)c1B. The predicted molar refractivity (Wildman–Crippen MR) is 321 cm³/mol. The Balaban J connectivity index is 1.06. The Morgan fingerprint density at radius 1 is 0.333 bits per heavy atom. The van der Waals surface area contributed by atoms with Crippen LogP contribution in [0.25, 0.3) is 94.7 Å². The molecule has 0 saturated carbocycles. The zero-order valence-corrected chi connectivity index (χ0v) is 40.7. The average Bonchev–Trinajstić information content (AvgIpc) is 3.72. The summed E-state index contributed by atoms with van der Waals surface area (Å²) in [5.74, 6) is 1.94. The van der Waals surface area contributed by atoms with Crippen LogP contribution in [0.15, 0.2) is 158 Å². The highest BCUT2D eigenvalue weighted by atomic mass is 15.2. The molecule has 9 aromatic carbocycles. The summed E-state index contributed by atoms with van der Waals surface area (Å²) < 4.78 is 2.35. The maximum absolute atomic E-state index is 5.46. The van der Waals surface area contributed by atoms with E-state index in [9.17, 15) is 0 Å². The molecule has 1 aliphatic heterocycles. The predicted octanol–water partition coefficient (Wildman–Crippen LogP) is -1.43. The number of para-hydroxylation sites is 3. The van der Waals surface area contributed by atoms with Gasteiger partial charge in [-0.05, 0) is 82.7 Å². The van der Waals surface area contributed by atoms with E-state index in [-0.39, 0.29) is 0 Å². The van der Waals surface area contributed by atoms with Crippen LogP contribution in [0, 0.1) is 0 Å². The molecule has 0 aliphatic carbocycles. The van der Waals surface area contributed by atoms with Crippen molar-refractivity contribution in [2.45, 2.75) is 0 Å². The van der Waals surface area contributed by atoms with E-state index < -0.39 is 0 Å². The lowest BCUT2D eigenvalue weighted by Crippen LogP contribution is -2.57. The van der Waals surface area contributed by atoms with Crippen molar-refractivity contribution in [3.05, 3.63) is 158 Å². The second-order valence-electron chi connectivity index (χ2n) is 19.1. The van der Waals surface area contributed by atoms with Gasteiger partial charge in [0.25, 0.3) is 0 Å². The zero-order valence-electron chi connectivity index (χ0n) is 40.7. The number of fused-ring (bicyclic) bond motifs is 5. The van der Waals surface area contributed by atoms with Crippen LogP contribution < -0.4 is 54.1 Å². The van der Waals surface area contributed by atoms with E-state index in [2.05, 4.69) is 238 Å². The Bertz CT molecular complexity index is 3910. The molecular weight excluding hydrogens is 828 g/mol. The minimum Gasteiger partial charge on any atom is -0.309 e. The number of hydrogen-bond acceptors (Lipinski definition) is 4. The van der Waals surface area contributed by atoms with E-state index in [1.165, 1.54) is 98.7 Å². The summed E-state index contributed by atoms with van der Waals surface area (Å²) in [6.45, 7) is 0. The van der Waals surface area contributed by atoms with Crippen LogP contribution in [0.5, 0.6) is 0 Å². The number of benzene rings is 9. The van der Waals surface area contributed by atoms with Crippen LogP contribution >= 0.6 is 0 Å². The van der Waals surface area contributed by atoms with Crippen LogP contribution in [-0.4, -0.2) is 90.1 Å². The number of aromatic nitrogens is 4. The van der Waals surface area contributed by atoms with E-state index in [0.717, 1.165) is 44.8 Å². The van der Waals surface area contributed by atoms with Gasteiger partial charge in [0.1, 0.15) is 70.6 Å². The fourth-order valence-corrected chi connectivity index (χ4v) is 11.4. The van der Waals surface area contributed by atoms with Gasteiger partial charge in [0.2, 0.25) is 0 Å². The van der Waals surface area contributed by atoms with E-state index >= 15 is 0 Å². The largest absolute Gasteiger partial charge is 0.309 e. The van der Waals surface area contributed by atoms with Crippen LogP contribution in [0.3, 0.4) is 0 Å². The van der Waals surface area contributed by atoms with Gasteiger partial charge in [0.05, 0.1) is 22.4 Å². The molecule has 69 heavy (non-hydrogen) atoms. The standard InChI is InChI=1S/C55H44B9N5/c56-44-41(42-46(58)50(62)52(64)51(63)47(42)59)45(57)49(61)43(48(44)60)55-66-53(65-54(67-55)29-22-25-34-32-14-4-6-17-36(32)69(39(34)26-29)30-12-2-1-3-13-30)28-20-23-31(24-21-28)68-37-18-7-5-15-33(37)35-16-8-10-27-11-9-19-38(68)40(27)35/h1-26H,56-64H2. The molecule has 14 heteroatoms. The molecule has 5 nitrogen and oxygen atoms in total. The molecule has 11 aromatic rings. The molecule has 316 valence electrons. The summed E-state index contributed by atoms with van der Waals surface area (Å²) in [7, 11) is 20.4. The monoisotopic (exact) mass is 873 g/mol. The first-order valence-corrected chi connectivity index (χ1v) is 24.0. The second kappa shape index (κ2) is 16.3. The van der Waals surface area contributed by atoms with Crippen molar-refractivity contribution in [3.63, 3.8) is 0 Å². The first-order chi connectivity index (χ1) is 33.5. The second-order valence-corrected chi connectivity index (χ2v) is 19.1. The lowest BCUT2D eigenvalue weighted by molar-refractivity contribution is 1.08. The van der Waals surface area contributed by atoms with Gasteiger partial charge in [-0.3, -0.25) is 0 Å². The fourth-order valence-electron chi connectivity index (χ4n) is 11.4. The molecule has 0 amide bonds. The van der Waals surface area contributed by atoms with Gasteiger partial charge in [-0.2, -0.15) is 0 Å². The van der Waals surface area contributed by atoms with Crippen LogP contribution in [-0.2, 0) is 0 Å². The Morgan fingerprint density at radius 3 is 1.55 bits per heavy atom. The molecule has 0 radical (unpaired) electrons. The summed E-state index contributed by atoms with van der Waals surface area (Å²) in [4.78, 5) is 18.7. The highest BCUT2D eigenvalue weighted by Crippen LogP contribution is 2.50. The summed E-state index contributed by atoms with van der Waals surface area (Å²) in [5, 5.41) is 4.88. The summed E-state index contributed by atoms with van der Waals surface area (Å²) >= 11 is 0. The Morgan fingerprint density at radius 2 is 0.841 bits per heavy atom. The third kappa shape index (κ3) is 6.55. The molecule has 0 atom stereocenters. The number of anilines is 3. The molecule has 0 spiro atoms. The molecule has 1 aliphatic rings. The summed E-state index contributed by atoms with van der Waals surface area (Å²) in [6, 6.07) is 56.6. The van der Waals surface area contributed by atoms with Crippen LogP contribution in [0.2, 0.25) is 0 Å². The van der Waals surface area contributed by atoms with Crippen LogP contribution in [0.4, 0.5) is 17.1 Å². The average molecular weight is 872 g/mol. The Labute approximate surface area is 411 Å². The van der Waals surface area contributed by atoms with Crippen LogP contribution in [0.1, 0.15) is 0 Å². The zero-order chi connectivity index (χ0) is 47.4. The highest BCUT2D eigenvalue weighted by molar-refractivity contribution is 6.70. The van der Waals surface area contributed by atoms with Gasteiger partial charge >= 0.3 is 0 Å². The Kier molecular flexibility index (Phi) is 10.1. The number of rotatable bonds is 6. The molecule has 0 unspecified atom stereocenters. The minimum absolute atomic E-state index is 0.631. The van der Waals surface area contributed by atoms with Gasteiger partial charge in [0.15, 0.2) is 17.5 Å². The van der Waals surface area contributed by atoms with Crippen molar-refractivity contribution in [1.29, 1.82) is 0 Å². The molecule has 12 rings (SSSR count). The normalized spacial score (nSPS) is 12.0. The quantitative estimate of drug-likeness (QED) is 0.193. The maximum atomic E-state index is 5.46. The number of nitrogens with zero attached hydrogens (tertiary/aromatic N) is 5. The third-order valence-electron chi connectivity index (χ3n) is 15.6. The van der Waals surface area contributed by atoms with Crippen molar-refractivity contribution in [3.8, 4) is 62.1 Å². The van der Waals surface area contributed by atoms with Crippen molar-refractivity contribution < 1.29 is 0 Å². The third-order valence-corrected chi connectivity index (χ3v) is 15.6. The fraction of sp³-hybridized carbons (Fsp3) is 0. The summed E-state index contributed by atoms with van der Waals surface area (Å²) in [6.07, 6.45) is 0. The van der Waals surface area contributed by atoms with Crippen molar-refractivity contribution in [1.82, 2.24) is 19.5 Å². The highest BCUT2D eigenvalue weighted by Gasteiger charge is 2.27. The molecule has 0 bridgehead atoms. The van der Waals surface area contributed by atoms with Gasteiger partial charge in [-0.1, -0.05) is 130 Å². The van der Waals surface area contributed by atoms with Crippen molar-refractivity contribution in [2.75, 3.05) is 4.90 Å². The molecule has 0 N–H and O–H groups in total. The first-order valence-electron chi connectivity index (χ1n) is 24.0. The van der Waals surface area contributed by atoms with Gasteiger partial charge in [0, 0.05) is 49.8 Å². The maximum Gasteiger partial charge on any atom is 0.164 e. The van der Waals surface area contributed by atoms with E-state index in [1.54, 1.807) is 0 Å². The molecule has 0 fully saturated rings. The lowest BCUT2D eigenvalue weighted by Gasteiger charge is -2.33. The molecule has 0 saturated heterocycles. The lowest BCUT2D eigenvalue weighted by atomic mass is 9.56. The molecule has 3 heterocycles. The molecular formula is C55H44B9N5. The Hall–Kier alpha value is -7.57. The van der Waals surface area contributed by atoms with Crippen molar-refractivity contribution in [2.24, 2.45) is 0 Å². The molecule has 2 aromatic heterocycles. The minimum atomic E-state index is 0.631. The van der Waals surface area contributed by atoms with Crippen molar-refractivity contribution >= 4 is 169 Å². The van der Waals surface area contributed by atoms with E-state index in [4.69, 9.17) is 15.0 Å². The number of hydrogen-bond donors (Lipinski definition) is 0.